The van der Waals surface area contributed by atoms with Crippen LogP contribution >= 0.6 is 0 Å². The largest absolute Gasteiger partial charge is 0.758 e. The van der Waals surface area contributed by atoms with Crippen LogP contribution in [0, 0.1) is 5.21 Å². The fourth-order valence-corrected chi connectivity index (χ4v) is 5.39. The summed E-state index contributed by atoms with van der Waals surface area (Å²) in [5.74, 6) is 0.941. The summed E-state index contributed by atoms with van der Waals surface area (Å²) < 4.78 is 105. The molecular weight excluding hydrogens is 598 g/mol. The minimum absolute atomic E-state index is 0.0612. The number of ether oxygens (including phenoxy) is 4. The van der Waals surface area contributed by atoms with E-state index in [0.717, 1.165) is 0 Å². The maximum atomic E-state index is 14.5. The highest BCUT2D eigenvalue weighted by molar-refractivity contribution is 5.72. The van der Waals surface area contributed by atoms with Gasteiger partial charge in [0.1, 0.15) is 11.5 Å². The van der Waals surface area contributed by atoms with E-state index in [1.807, 2.05) is 4.90 Å². The topological polar surface area (TPSA) is 90.5 Å². The summed E-state index contributed by atoms with van der Waals surface area (Å²) in [4.78, 5) is 1.96. The number of hydroxylamine groups is 2. The lowest BCUT2D eigenvalue weighted by atomic mass is 9.93. The molecule has 5 rings (SSSR count). The van der Waals surface area contributed by atoms with E-state index < -0.39 is 42.2 Å². The highest BCUT2D eigenvalue weighted by atomic mass is 19.4. The van der Waals surface area contributed by atoms with Gasteiger partial charge >= 0.3 is 12.4 Å². The molecule has 3 aliphatic rings. The molecular formula is C29H31F6N4O5-. The van der Waals surface area contributed by atoms with Gasteiger partial charge in [0.15, 0.2) is 12.1 Å². The maximum Gasteiger partial charge on any atom is 0.416 e. The predicted octanol–water partition coefficient (Wildman–Crippen LogP) is 4.54. The molecule has 0 bridgehead atoms. The van der Waals surface area contributed by atoms with E-state index in [4.69, 9.17) is 18.9 Å². The molecule has 3 heterocycles. The van der Waals surface area contributed by atoms with Crippen molar-refractivity contribution < 1.29 is 45.3 Å². The van der Waals surface area contributed by atoms with Crippen molar-refractivity contribution in [2.75, 3.05) is 53.7 Å². The van der Waals surface area contributed by atoms with E-state index in [9.17, 15) is 31.5 Å². The number of nitrogens with zero attached hydrogens (tertiary/aromatic N) is 2. The summed E-state index contributed by atoms with van der Waals surface area (Å²) in [6.45, 7) is 2.20. The van der Waals surface area contributed by atoms with Gasteiger partial charge in [0.05, 0.1) is 45.2 Å². The monoisotopic (exact) mass is 629 g/mol. The van der Waals surface area contributed by atoms with E-state index >= 15 is 0 Å². The van der Waals surface area contributed by atoms with E-state index in [2.05, 4.69) is 10.6 Å². The number of methoxy groups -OCH3 is 2. The Kier molecular flexibility index (Phi) is 9.20. The van der Waals surface area contributed by atoms with Crippen LogP contribution in [0.3, 0.4) is 0 Å². The summed E-state index contributed by atoms with van der Waals surface area (Å²) >= 11 is 0. The van der Waals surface area contributed by atoms with Gasteiger partial charge < -0.3 is 34.5 Å². The molecule has 0 radical (unpaired) electrons. The number of halogens is 6. The normalized spacial score (nSPS) is 23.0. The summed E-state index contributed by atoms with van der Waals surface area (Å²) in [5, 5.41) is 21.2. The molecule has 9 nitrogen and oxygen atoms in total. The van der Waals surface area contributed by atoms with E-state index in [1.165, 1.54) is 14.2 Å². The number of morpholine rings is 1. The molecule has 2 aromatic rings. The molecule has 1 fully saturated rings. The Labute approximate surface area is 249 Å². The lowest BCUT2D eigenvalue weighted by molar-refractivity contribution is -0.143. The molecule has 3 aliphatic heterocycles. The van der Waals surface area contributed by atoms with Crippen LogP contribution in [-0.4, -0.2) is 76.0 Å². The molecule has 15 heteroatoms. The second-order valence-electron chi connectivity index (χ2n) is 10.4. The summed E-state index contributed by atoms with van der Waals surface area (Å²) in [7, 11) is 2.87. The second-order valence-corrected chi connectivity index (χ2v) is 10.4. The Bertz CT molecular complexity index is 1380. The number of hydrogen-bond acceptors (Lipinski definition) is 9. The van der Waals surface area contributed by atoms with Gasteiger partial charge in [-0.05, 0) is 48.4 Å². The van der Waals surface area contributed by atoms with Gasteiger partial charge in [0.25, 0.3) is 0 Å². The third-order valence-corrected chi connectivity index (χ3v) is 7.61. The molecule has 2 unspecified atom stereocenters. The Hall–Kier alpha value is -3.66. The van der Waals surface area contributed by atoms with Crippen LogP contribution in [0.1, 0.15) is 22.3 Å². The van der Waals surface area contributed by atoms with Crippen molar-refractivity contribution in [3.63, 3.8) is 0 Å². The number of nitrogens with one attached hydrogen (secondary N) is 2. The minimum Gasteiger partial charge on any atom is -0.758 e. The maximum absolute atomic E-state index is 14.5. The first-order valence-corrected chi connectivity index (χ1v) is 13.7. The molecule has 2 aromatic carbocycles. The molecule has 2 atom stereocenters. The molecule has 0 amide bonds. The fourth-order valence-electron chi connectivity index (χ4n) is 5.39. The summed E-state index contributed by atoms with van der Waals surface area (Å²) in [6, 6.07) is 4.86. The minimum atomic E-state index is -5.04. The SMILES string of the molecule is COc1ccc(/C2=C/C(N3CCOCC3)OC3=C(CNCN3)C(Cc3cc(C(F)(F)F)cc(C(F)(F)F)c3)N2[O-])c(OC)c1. The molecule has 240 valence electrons. The molecule has 2 N–H and O–H groups in total. The quantitative estimate of drug-likeness (QED) is 0.447. The van der Waals surface area contributed by atoms with Crippen LogP contribution in [0.5, 0.6) is 11.5 Å². The summed E-state index contributed by atoms with van der Waals surface area (Å²) in [5.41, 5.74) is -2.51. The van der Waals surface area contributed by atoms with Gasteiger partial charge in [0.2, 0.25) is 0 Å². The highest BCUT2D eigenvalue weighted by Gasteiger charge is 2.38. The van der Waals surface area contributed by atoms with Crippen molar-refractivity contribution in [2.24, 2.45) is 0 Å². The van der Waals surface area contributed by atoms with E-state index in [1.54, 1.807) is 24.3 Å². The number of benzene rings is 2. The van der Waals surface area contributed by atoms with Gasteiger partial charge in [-0.25, -0.2) is 0 Å². The van der Waals surface area contributed by atoms with Crippen molar-refractivity contribution in [1.82, 2.24) is 20.6 Å². The van der Waals surface area contributed by atoms with Crippen molar-refractivity contribution in [1.29, 1.82) is 0 Å². The average molecular weight is 630 g/mol. The average Bonchev–Trinajstić information content (AvgIpc) is 3.00. The number of alkyl halides is 6. The lowest BCUT2D eigenvalue weighted by Gasteiger charge is -2.47. The first kappa shape index (κ1) is 31.8. The van der Waals surface area contributed by atoms with Crippen molar-refractivity contribution in [3.8, 4) is 11.5 Å². The standard InChI is InChI=1S/C29H31F6N4O5/c1-41-20-3-4-21(25(13-20)42-2)24-14-26(38-5-7-43-8-6-38)44-27-22(15-36-16-37-27)23(39(24)40)11-17-9-18(28(30,31)32)12-19(10-17)29(33,34)35/h3-4,9-10,12-14,23,26,36-37H,5-8,11,15-16H2,1-2H3/q-1/b24-14-. The van der Waals surface area contributed by atoms with Gasteiger partial charge in [-0.3, -0.25) is 10.2 Å². The molecule has 1 saturated heterocycles. The van der Waals surface area contributed by atoms with Crippen LogP contribution in [-0.2, 0) is 28.2 Å². The zero-order valence-corrected chi connectivity index (χ0v) is 23.8. The Morgan fingerprint density at radius 3 is 2.25 bits per heavy atom. The highest BCUT2D eigenvalue weighted by Crippen LogP contribution is 2.40. The summed E-state index contributed by atoms with van der Waals surface area (Å²) in [6.07, 6.45) is -9.75. The fraction of sp³-hybridized carbons (Fsp3) is 0.448. The third kappa shape index (κ3) is 6.85. The molecule has 0 saturated carbocycles. The van der Waals surface area contributed by atoms with Gasteiger partial charge in [-0.2, -0.15) is 26.3 Å². The third-order valence-electron chi connectivity index (χ3n) is 7.61. The number of hydrogen-bond donors (Lipinski definition) is 2. The Morgan fingerprint density at radius 2 is 1.64 bits per heavy atom. The molecule has 0 aromatic heterocycles. The first-order valence-electron chi connectivity index (χ1n) is 13.7. The number of rotatable bonds is 6. The molecule has 0 aliphatic carbocycles. The smallest absolute Gasteiger partial charge is 0.416 e. The Morgan fingerprint density at radius 1 is 0.955 bits per heavy atom. The first-order chi connectivity index (χ1) is 20.9. The van der Waals surface area contributed by atoms with Crippen molar-refractivity contribution in [3.05, 3.63) is 81.4 Å². The van der Waals surface area contributed by atoms with Crippen LogP contribution in [0.25, 0.3) is 5.70 Å². The Balaban J connectivity index is 1.65. The van der Waals surface area contributed by atoms with Crippen molar-refractivity contribution in [2.45, 2.75) is 31.0 Å². The van der Waals surface area contributed by atoms with Crippen LogP contribution in [0.2, 0.25) is 0 Å². The van der Waals surface area contributed by atoms with E-state index in [0.29, 0.717) is 60.4 Å². The van der Waals surface area contributed by atoms with Crippen LogP contribution in [0.15, 0.2) is 53.9 Å². The van der Waals surface area contributed by atoms with Gasteiger partial charge in [-0.15, -0.1) is 0 Å². The predicted molar refractivity (Wildman–Crippen MR) is 147 cm³/mol. The van der Waals surface area contributed by atoms with Gasteiger partial charge in [0, 0.05) is 48.6 Å². The van der Waals surface area contributed by atoms with Crippen LogP contribution in [0.4, 0.5) is 26.3 Å². The van der Waals surface area contributed by atoms with Gasteiger partial charge in [-0.1, -0.05) is 0 Å². The van der Waals surface area contributed by atoms with Crippen LogP contribution < -0.4 is 20.1 Å². The van der Waals surface area contributed by atoms with Crippen molar-refractivity contribution >= 4 is 5.70 Å². The lowest BCUT2D eigenvalue weighted by Crippen LogP contribution is -2.50. The second kappa shape index (κ2) is 12.8. The zero-order chi connectivity index (χ0) is 31.6. The molecule has 0 spiro atoms. The molecule has 44 heavy (non-hydrogen) atoms. The zero-order valence-electron chi connectivity index (χ0n) is 23.8. The van der Waals surface area contributed by atoms with E-state index in [-0.39, 0.29) is 42.2 Å².